The third kappa shape index (κ3) is 4.71. The average Bonchev–Trinajstić information content (AvgIpc) is 2.37. The first-order valence-corrected chi connectivity index (χ1v) is 6.40. The van der Waals surface area contributed by atoms with Crippen LogP contribution in [0.1, 0.15) is 27.2 Å². The monoisotopic (exact) mass is 263 g/mol. The van der Waals surface area contributed by atoms with Crippen molar-refractivity contribution in [2.75, 3.05) is 10.6 Å². The van der Waals surface area contributed by atoms with E-state index in [1.165, 1.54) is 0 Å². The fourth-order valence-electron chi connectivity index (χ4n) is 1.42. The van der Waals surface area contributed by atoms with E-state index in [0.29, 0.717) is 17.8 Å². The molecule has 2 atom stereocenters. The summed E-state index contributed by atoms with van der Waals surface area (Å²) in [6.07, 6.45) is 0.415. The Morgan fingerprint density at radius 2 is 1.79 bits per heavy atom. The van der Waals surface area contributed by atoms with E-state index in [2.05, 4.69) is 10.6 Å². The van der Waals surface area contributed by atoms with Gasteiger partial charge in [-0.15, -0.1) is 0 Å². The number of hydrogen-bond acceptors (Lipinski definition) is 3. The van der Waals surface area contributed by atoms with Crippen molar-refractivity contribution in [3.63, 3.8) is 0 Å². The minimum atomic E-state index is -0.270. The summed E-state index contributed by atoms with van der Waals surface area (Å²) in [5.41, 5.74) is 7.00. The standard InChI is InChI=1S/C14H21N3O2/c1-4-13(18)16-11-6-5-7-12(8-11)17-14(19)9(2)10(3)15/h5-10H,4,15H2,1-3H3,(H,16,18)(H,17,19). The van der Waals surface area contributed by atoms with E-state index in [1.54, 1.807) is 45.0 Å². The fourth-order valence-corrected chi connectivity index (χ4v) is 1.42. The summed E-state index contributed by atoms with van der Waals surface area (Å²) >= 11 is 0. The van der Waals surface area contributed by atoms with E-state index >= 15 is 0 Å². The number of hydrogen-bond donors (Lipinski definition) is 3. The molecule has 0 radical (unpaired) electrons. The lowest BCUT2D eigenvalue weighted by atomic mass is 10.0. The maximum atomic E-state index is 11.9. The molecule has 0 aliphatic heterocycles. The minimum absolute atomic E-state index is 0.0626. The molecule has 5 nitrogen and oxygen atoms in total. The largest absolute Gasteiger partial charge is 0.327 e. The molecule has 0 spiro atoms. The molecule has 0 saturated carbocycles. The van der Waals surface area contributed by atoms with E-state index in [4.69, 9.17) is 5.73 Å². The number of nitrogens with one attached hydrogen (secondary N) is 2. The Kier molecular flexibility index (Phi) is 5.51. The quantitative estimate of drug-likeness (QED) is 0.759. The molecule has 1 aromatic carbocycles. The van der Waals surface area contributed by atoms with Crippen molar-refractivity contribution in [1.82, 2.24) is 0 Å². The minimum Gasteiger partial charge on any atom is -0.327 e. The number of anilines is 2. The van der Waals surface area contributed by atoms with Crippen LogP contribution < -0.4 is 16.4 Å². The number of nitrogens with two attached hydrogens (primary N) is 1. The maximum Gasteiger partial charge on any atom is 0.228 e. The van der Waals surface area contributed by atoms with Crippen molar-refractivity contribution in [3.05, 3.63) is 24.3 Å². The number of benzene rings is 1. The Morgan fingerprint density at radius 1 is 1.21 bits per heavy atom. The zero-order chi connectivity index (χ0) is 14.4. The molecule has 104 valence electrons. The van der Waals surface area contributed by atoms with Crippen LogP contribution in [0.5, 0.6) is 0 Å². The Morgan fingerprint density at radius 3 is 2.32 bits per heavy atom. The number of rotatable bonds is 5. The van der Waals surface area contributed by atoms with Crippen molar-refractivity contribution < 1.29 is 9.59 Å². The predicted molar refractivity (Wildman–Crippen MR) is 76.8 cm³/mol. The van der Waals surface area contributed by atoms with Crippen LogP contribution in [0.15, 0.2) is 24.3 Å². The molecule has 0 aliphatic rings. The maximum absolute atomic E-state index is 11.9. The molecule has 0 bridgehead atoms. The molecule has 2 unspecified atom stereocenters. The van der Waals surface area contributed by atoms with E-state index in [1.807, 2.05) is 0 Å². The van der Waals surface area contributed by atoms with E-state index < -0.39 is 0 Å². The van der Waals surface area contributed by atoms with Gasteiger partial charge in [0.2, 0.25) is 11.8 Å². The SMILES string of the molecule is CCC(=O)Nc1cccc(NC(=O)C(C)C(C)N)c1. The topological polar surface area (TPSA) is 84.2 Å². The summed E-state index contributed by atoms with van der Waals surface area (Å²) in [6.45, 7) is 5.36. The molecule has 1 aromatic rings. The van der Waals surface area contributed by atoms with E-state index in [9.17, 15) is 9.59 Å². The van der Waals surface area contributed by atoms with Crippen LogP contribution in [0.2, 0.25) is 0 Å². The van der Waals surface area contributed by atoms with Crippen LogP contribution in [0.3, 0.4) is 0 Å². The third-order valence-corrected chi connectivity index (χ3v) is 2.94. The van der Waals surface area contributed by atoms with Crippen LogP contribution in [-0.4, -0.2) is 17.9 Å². The van der Waals surface area contributed by atoms with Gasteiger partial charge < -0.3 is 16.4 Å². The molecular weight excluding hydrogens is 242 g/mol. The summed E-state index contributed by atoms with van der Waals surface area (Å²) in [5.74, 6) is -0.463. The van der Waals surface area contributed by atoms with Gasteiger partial charge in [-0.3, -0.25) is 9.59 Å². The molecule has 1 rings (SSSR count). The van der Waals surface area contributed by atoms with Gasteiger partial charge in [-0.25, -0.2) is 0 Å². The zero-order valence-corrected chi connectivity index (χ0v) is 11.6. The highest BCUT2D eigenvalue weighted by Crippen LogP contribution is 2.16. The summed E-state index contributed by atoms with van der Waals surface area (Å²) in [7, 11) is 0. The molecular formula is C14H21N3O2. The molecule has 0 saturated heterocycles. The lowest BCUT2D eigenvalue weighted by Gasteiger charge is -2.15. The Labute approximate surface area is 113 Å². The molecule has 4 N–H and O–H groups in total. The fraction of sp³-hybridized carbons (Fsp3) is 0.429. The van der Waals surface area contributed by atoms with Crippen molar-refractivity contribution in [1.29, 1.82) is 0 Å². The molecule has 0 aromatic heterocycles. The van der Waals surface area contributed by atoms with Crippen molar-refractivity contribution in [3.8, 4) is 0 Å². The van der Waals surface area contributed by atoms with Gasteiger partial charge in [0, 0.05) is 23.8 Å². The van der Waals surface area contributed by atoms with Gasteiger partial charge in [-0.05, 0) is 25.1 Å². The predicted octanol–water partition coefficient (Wildman–Crippen LogP) is 1.96. The zero-order valence-electron chi connectivity index (χ0n) is 11.6. The summed E-state index contributed by atoms with van der Waals surface area (Å²) in [4.78, 5) is 23.2. The highest BCUT2D eigenvalue weighted by atomic mass is 16.2. The molecule has 5 heteroatoms. The first kappa shape index (κ1) is 15.2. The van der Waals surface area contributed by atoms with Gasteiger partial charge in [-0.2, -0.15) is 0 Å². The van der Waals surface area contributed by atoms with E-state index in [0.717, 1.165) is 0 Å². The first-order valence-electron chi connectivity index (χ1n) is 6.40. The lowest BCUT2D eigenvalue weighted by molar-refractivity contribution is -0.119. The number of carbonyl (C=O) groups is 2. The Hall–Kier alpha value is -1.88. The smallest absolute Gasteiger partial charge is 0.228 e. The van der Waals surface area contributed by atoms with Gasteiger partial charge in [0.25, 0.3) is 0 Å². The average molecular weight is 263 g/mol. The first-order chi connectivity index (χ1) is 8.93. The normalized spacial score (nSPS) is 13.5. The third-order valence-electron chi connectivity index (χ3n) is 2.94. The summed E-state index contributed by atoms with van der Waals surface area (Å²) < 4.78 is 0. The molecule has 2 amide bonds. The van der Waals surface area contributed by atoms with Crippen LogP contribution in [-0.2, 0) is 9.59 Å². The van der Waals surface area contributed by atoms with E-state index in [-0.39, 0.29) is 23.8 Å². The molecule has 0 aliphatic carbocycles. The van der Waals surface area contributed by atoms with Gasteiger partial charge in [0.1, 0.15) is 0 Å². The summed E-state index contributed by atoms with van der Waals surface area (Å²) in [5, 5.41) is 5.53. The highest BCUT2D eigenvalue weighted by molar-refractivity contribution is 5.95. The van der Waals surface area contributed by atoms with Crippen LogP contribution >= 0.6 is 0 Å². The Bertz CT molecular complexity index is 458. The Balaban J connectivity index is 2.72. The second-order valence-electron chi connectivity index (χ2n) is 4.62. The second kappa shape index (κ2) is 6.89. The molecule has 0 fully saturated rings. The molecule has 19 heavy (non-hydrogen) atoms. The van der Waals surface area contributed by atoms with Crippen molar-refractivity contribution in [2.45, 2.75) is 33.2 Å². The lowest BCUT2D eigenvalue weighted by Crippen LogP contribution is -2.34. The number of amides is 2. The number of carbonyl (C=O) groups excluding carboxylic acids is 2. The second-order valence-corrected chi connectivity index (χ2v) is 4.62. The van der Waals surface area contributed by atoms with Crippen molar-refractivity contribution in [2.24, 2.45) is 11.7 Å². The van der Waals surface area contributed by atoms with Gasteiger partial charge in [-0.1, -0.05) is 19.9 Å². The van der Waals surface area contributed by atoms with Gasteiger partial charge >= 0.3 is 0 Å². The van der Waals surface area contributed by atoms with Crippen LogP contribution in [0.25, 0.3) is 0 Å². The van der Waals surface area contributed by atoms with Crippen molar-refractivity contribution >= 4 is 23.2 Å². The van der Waals surface area contributed by atoms with Crippen LogP contribution in [0, 0.1) is 5.92 Å². The highest BCUT2D eigenvalue weighted by Gasteiger charge is 2.17. The van der Waals surface area contributed by atoms with Gasteiger partial charge in [0.15, 0.2) is 0 Å². The molecule has 0 heterocycles. The van der Waals surface area contributed by atoms with Gasteiger partial charge in [0.05, 0.1) is 5.92 Å². The summed E-state index contributed by atoms with van der Waals surface area (Å²) in [6, 6.07) is 6.84. The van der Waals surface area contributed by atoms with Crippen LogP contribution in [0.4, 0.5) is 11.4 Å².